The zero-order valence-electron chi connectivity index (χ0n) is 13.3. The molecule has 1 aromatic carbocycles. The van der Waals surface area contributed by atoms with E-state index in [2.05, 4.69) is 33.6 Å². The zero-order valence-corrected chi connectivity index (χ0v) is 13.3. The molecule has 0 saturated heterocycles. The Morgan fingerprint density at radius 1 is 1.36 bits per heavy atom. The van der Waals surface area contributed by atoms with Gasteiger partial charge >= 0.3 is 0 Å². The van der Waals surface area contributed by atoms with Gasteiger partial charge in [-0.1, -0.05) is 12.1 Å². The summed E-state index contributed by atoms with van der Waals surface area (Å²) in [6.07, 6.45) is 6.65. The van der Waals surface area contributed by atoms with Gasteiger partial charge in [0.25, 0.3) is 0 Å². The van der Waals surface area contributed by atoms with Crippen LogP contribution in [0.15, 0.2) is 29.4 Å². The fourth-order valence-electron chi connectivity index (χ4n) is 2.95. The number of hydrogen-bond donors (Lipinski definition) is 2. The molecule has 1 heterocycles. The quantitative estimate of drug-likeness (QED) is 0.675. The number of aliphatic imine (C=N–C) groups is 1. The Balaban J connectivity index is 1.73. The largest absolute Gasteiger partial charge is 0.370 e. The van der Waals surface area contributed by atoms with Crippen molar-refractivity contribution in [1.82, 2.24) is 9.78 Å². The number of guanidine groups is 1. The Morgan fingerprint density at radius 2 is 2.18 bits per heavy atom. The Morgan fingerprint density at radius 3 is 2.95 bits per heavy atom. The molecule has 5 nitrogen and oxygen atoms in total. The molecule has 22 heavy (non-hydrogen) atoms. The van der Waals surface area contributed by atoms with Crippen LogP contribution in [0.5, 0.6) is 0 Å². The number of rotatable bonds is 3. The van der Waals surface area contributed by atoms with Crippen molar-refractivity contribution in [2.75, 3.05) is 5.32 Å². The van der Waals surface area contributed by atoms with Crippen molar-refractivity contribution >= 4 is 11.6 Å². The number of benzene rings is 1. The lowest BCUT2D eigenvalue weighted by molar-refractivity contribution is 0.687. The molecule has 1 aliphatic rings. The SMILES string of the molecule is Cc1c(CN=C(N)Nc2cccc3c2CCCC3)cnn1C. The monoisotopic (exact) mass is 297 g/mol. The molecule has 3 N–H and O–H groups in total. The first-order valence-electron chi connectivity index (χ1n) is 7.80. The predicted molar refractivity (Wildman–Crippen MR) is 90.0 cm³/mol. The van der Waals surface area contributed by atoms with Gasteiger partial charge in [0, 0.05) is 24.0 Å². The molecule has 5 heteroatoms. The molecule has 0 atom stereocenters. The highest BCUT2D eigenvalue weighted by Gasteiger charge is 2.13. The maximum Gasteiger partial charge on any atom is 0.193 e. The van der Waals surface area contributed by atoms with Crippen molar-refractivity contribution in [3.63, 3.8) is 0 Å². The van der Waals surface area contributed by atoms with E-state index in [1.807, 2.05) is 24.9 Å². The van der Waals surface area contributed by atoms with Crippen molar-refractivity contribution in [3.8, 4) is 0 Å². The molecule has 0 spiro atoms. The number of aromatic nitrogens is 2. The van der Waals surface area contributed by atoms with Crippen LogP contribution in [-0.2, 0) is 26.4 Å². The molecule has 0 radical (unpaired) electrons. The van der Waals surface area contributed by atoms with Gasteiger partial charge in [0.15, 0.2) is 5.96 Å². The topological polar surface area (TPSA) is 68.2 Å². The minimum absolute atomic E-state index is 0.460. The van der Waals surface area contributed by atoms with Gasteiger partial charge in [0.2, 0.25) is 0 Å². The Kier molecular flexibility index (Phi) is 4.13. The summed E-state index contributed by atoms with van der Waals surface area (Å²) in [7, 11) is 1.93. The van der Waals surface area contributed by atoms with Crippen LogP contribution in [0.3, 0.4) is 0 Å². The summed E-state index contributed by atoms with van der Waals surface area (Å²) < 4.78 is 1.85. The van der Waals surface area contributed by atoms with E-state index in [-0.39, 0.29) is 0 Å². The van der Waals surface area contributed by atoms with Crippen LogP contribution >= 0.6 is 0 Å². The molecule has 1 aliphatic carbocycles. The molecule has 0 fully saturated rings. The molecule has 0 aliphatic heterocycles. The molecule has 0 saturated carbocycles. The maximum atomic E-state index is 6.06. The lowest BCUT2D eigenvalue weighted by atomic mass is 9.90. The summed E-state index contributed by atoms with van der Waals surface area (Å²) in [6.45, 7) is 2.59. The number of nitrogens with one attached hydrogen (secondary N) is 1. The van der Waals surface area contributed by atoms with Gasteiger partial charge in [-0.15, -0.1) is 0 Å². The fourth-order valence-corrected chi connectivity index (χ4v) is 2.95. The first-order chi connectivity index (χ1) is 10.6. The fraction of sp³-hybridized carbons (Fsp3) is 0.412. The molecule has 1 aromatic heterocycles. The summed E-state index contributed by atoms with van der Waals surface area (Å²) >= 11 is 0. The second kappa shape index (κ2) is 6.22. The lowest BCUT2D eigenvalue weighted by Gasteiger charge is -2.19. The van der Waals surface area contributed by atoms with E-state index >= 15 is 0 Å². The zero-order chi connectivity index (χ0) is 15.5. The van der Waals surface area contributed by atoms with E-state index in [1.54, 1.807) is 0 Å². The lowest BCUT2D eigenvalue weighted by Crippen LogP contribution is -2.24. The normalized spacial score (nSPS) is 14.7. The van der Waals surface area contributed by atoms with Gasteiger partial charge in [-0.3, -0.25) is 4.68 Å². The predicted octanol–water partition coefficient (Wildman–Crippen LogP) is 2.53. The maximum absolute atomic E-state index is 6.06. The Labute approximate surface area is 131 Å². The first-order valence-corrected chi connectivity index (χ1v) is 7.80. The summed E-state index contributed by atoms with van der Waals surface area (Å²) in [5, 5.41) is 7.49. The van der Waals surface area contributed by atoms with Crippen LogP contribution in [0.4, 0.5) is 5.69 Å². The van der Waals surface area contributed by atoms with Crippen molar-refractivity contribution in [2.24, 2.45) is 17.8 Å². The highest BCUT2D eigenvalue weighted by atomic mass is 15.3. The van der Waals surface area contributed by atoms with Gasteiger partial charge in [-0.2, -0.15) is 5.10 Å². The van der Waals surface area contributed by atoms with Gasteiger partial charge in [-0.25, -0.2) is 4.99 Å². The van der Waals surface area contributed by atoms with Crippen LogP contribution in [0.1, 0.15) is 35.2 Å². The summed E-state index contributed by atoms with van der Waals surface area (Å²) in [4.78, 5) is 4.44. The number of nitrogens with two attached hydrogens (primary N) is 1. The molecule has 0 bridgehead atoms. The number of anilines is 1. The van der Waals surface area contributed by atoms with E-state index in [4.69, 9.17) is 5.73 Å². The summed E-state index contributed by atoms with van der Waals surface area (Å²) in [5.41, 5.74) is 12.2. The highest BCUT2D eigenvalue weighted by Crippen LogP contribution is 2.27. The van der Waals surface area contributed by atoms with Crippen LogP contribution in [0.2, 0.25) is 0 Å². The van der Waals surface area contributed by atoms with Gasteiger partial charge in [0.05, 0.1) is 12.7 Å². The first kappa shape index (κ1) is 14.6. The van der Waals surface area contributed by atoms with Crippen molar-refractivity contribution in [1.29, 1.82) is 0 Å². The third kappa shape index (κ3) is 2.98. The molecular formula is C17H23N5. The molecule has 3 rings (SSSR count). The minimum Gasteiger partial charge on any atom is -0.370 e. The van der Waals surface area contributed by atoms with E-state index in [1.165, 1.54) is 24.0 Å². The van der Waals surface area contributed by atoms with E-state index < -0.39 is 0 Å². The van der Waals surface area contributed by atoms with Crippen LogP contribution in [-0.4, -0.2) is 15.7 Å². The van der Waals surface area contributed by atoms with E-state index in [0.717, 1.165) is 29.8 Å². The molecule has 2 aromatic rings. The number of nitrogens with zero attached hydrogens (tertiary/aromatic N) is 3. The van der Waals surface area contributed by atoms with Gasteiger partial charge in [0.1, 0.15) is 0 Å². The van der Waals surface area contributed by atoms with Gasteiger partial charge < -0.3 is 11.1 Å². The van der Waals surface area contributed by atoms with Crippen LogP contribution in [0, 0.1) is 6.92 Å². The molecule has 0 unspecified atom stereocenters. The number of hydrogen-bond acceptors (Lipinski definition) is 2. The van der Waals surface area contributed by atoms with Crippen molar-refractivity contribution in [2.45, 2.75) is 39.2 Å². The molecule has 116 valence electrons. The van der Waals surface area contributed by atoms with Crippen LogP contribution < -0.4 is 11.1 Å². The minimum atomic E-state index is 0.460. The second-order valence-corrected chi connectivity index (χ2v) is 5.86. The Bertz CT molecular complexity index is 699. The van der Waals surface area contributed by atoms with E-state index in [0.29, 0.717) is 12.5 Å². The van der Waals surface area contributed by atoms with E-state index in [9.17, 15) is 0 Å². The van der Waals surface area contributed by atoms with Crippen LogP contribution in [0.25, 0.3) is 0 Å². The van der Waals surface area contributed by atoms with Crippen molar-refractivity contribution in [3.05, 3.63) is 46.8 Å². The highest BCUT2D eigenvalue weighted by molar-refractivity contribution is 5.93. The third-order valence-corrected chi connectivity index (χ3v) is 4.42. The Hall–Kier alpha value is -2.30. The number of aryl methyl sites for hydroxylation is 2. The number of fused-ring (bicyclic) bond motifs is 1. The standard InChI is InChI=1S/C17H23N5/c1-12-14(11-20-22(12)2)10-19-17(18)21-16-9-5-7-13-6-3-4-8-15(13)16/h5,7,9,11H,3-4,6,8,10H2,1-2H3,(H3,18,19,21). The smallest absolute Gasteiger partial charge is 0.193 e. The summed E-state index contributed by atoms with van der Waals surface area (Å²) in [5.74, 6) is 0.460. The third-order valence-electron chi connectivity index (χ3n) is 4.42. The molecular weight excluding hydrogens is 274 g/mol. The van der Waals surface area contributed by atoms with Gasteiger partial charge in [-0.05, 0) is 49.8 Å². The average Bonchev–Trinajstić information content (AvgIpc) is 2.85. The summed E-state index contributed by atoms with van der Waals surface area (Å²) in [6, 6.07) is 6.39. The average molecular weight is 297 g/mol. The molecule has 0 amide bonds. The second-order valence-electron chi connectivity index (χ2n) is 5.86. The van der Waals surface area contributed by atoms with Crippen molar-refractivity contribution < 1.29 is 0 Å².